The van der Waals surface area contributed by atoms with Crippen LogP contribution < -0.4 is 9.64 Å². The second-order valence-electron chi connectivity index (χ2n) is 15.1. The van der Waals surface area contributed by atoms with Crippen LogP contribution in [0.5, 0.6) is 6.01 Å². The topological polar surface area (TPSA) is 136 Å². The number of nitrogens with zero attached hydrogens (tertiary/aromatic N) is 9. The molecular weight excluding hydrogens is 719 g/mol. The van der Waals surface area contributed by atoms with E-state index in [9.17, 15) is 9.59 Å². The Morgan fingerprint density at radius 3 is 2.42 bits per heavy atom. The second-order valence-corrected chi connectivity index (χ2v) is 15.1. The van der Waals surface area contributed by atoms with Gasteiger partial charge in [0.05, 0.1) is 19.3 Å². The van der Waals surface area contributed by atoms with Crippen LogP contribution in [0.2, 0.25) is 0 Å². The van der Waals surface area contributed by atoms with Crippen molar-refractivity contribution in [3.63, 3.8) is 0 Å². The fraction of sp³-hybridized carbons (Fsp3) is 0.341. The van der Waals surface area contributed by atoms with Gasteiger partial charge >= 0.3 is 6.01 Å². The summed E-state index contributed by atoms with van der Waals surface area (Å²) < 4.78 is 13.5. The van der Waals surface area contributed by atoms with Crippen molar-refractivity contribution >= 4 is 23.3 Å². The highest BCUT2D eigenvalue weighted by atomic mass is 16.5. The summed E-state index contributed by atoms with van der Waals surface area (Å²) in [6.07, 6.45) is 6.75. The summed E-state index contributed by atoms with van der Waals surface area (Å²) in [5, 5.41) is 9.08. The van der Waals surface area contributed by atoms with E-state index in [1.54, 1.807) is 37.6 Å². The normalized spacial score (nSPS) is 16.0. The van der Waals surface area contributed by atoms with Gasteiger partial charge in [0.2, 0.25) is 5.89 Å². The minimum absolute atomic E-state index is 0.0833. The predicted molar refractivity (Wildman–Crippen MR) is 216 cm³/mol. The van der Waals surface area contributed by atoms with Crippen molar-refractivity contribution in [1.82, 2.24) is 39.7 Å². The van der Waals surface area contributed by atoms with Crippen molar-refractivity contribution in [2.45, 2.75) is 64.5 Å². The molecule has 0 N–H and O–H groups in total. The molecule has 2 aliphatic rings. The Kier molecular flexibility index (Phi) is 10.5. The highest BCUT2D eigenvalue weighted by Gasteiger charge is 2.36. The fourth-order valence-corrected chi connectivity index (χ4v) is 7.84. The van der Waals surface area contributed by atoms with Crippen molar-refractivity contribution in [2.75, 3.05) is 38.7 Å². The van der Waals surface area contributed by atoms with E-state index in [2.05, 4.69) is 53.2 Å². The molecule has 3 aromatic carbocycles. The van der Waals surface area contributed by atoms with Crippen LogP contribution in [0.25, 0.3) is 22.5 Å². The van der Waals surface area contributed by atoms with E-state index in [1.807, 2.05) is 75.1 Å². The molecule has 0 radical (unpaired) electrons. The van der Waals surface area contributed by atoms with Crippen molar-refractivity contribution in [3.8, 4) is 28.5 Å². The standard InChI is InChI=1S/C44H47N9O4/c1-28(2)40-39(30-11-7-6-8-12-30)47-41(57-40)37-15-10-22-52(37)43(55)32-14-9-13-31(25-32)42(54)51-23-19-33(20-24-51)53-27-36(48-49-53)35-26-34(17-16-29(35)3)50(4)38-18-21-45-44(46-38)56-5/h6-9,11-14,16-18,21,25-28,33,37H,10,15,19-20,22-24H2,1-5H3. The minimum atomic E-state index is -0.272. The number of ether oxygens (including phenoxy) is 1. The Hall–Kier alpha value is -6.37. The number of aryl methyl sites for hydroxylation is 1. The molecule has 2 aliphatic heterocycles. The van der Waals surface area contributed by atoms with Gasteiger partial charge in [-0.05, 0) is 74.6 Å². The molecule has 6 aromatic rings. The van der Waals surface area contributed by atoms with Crippen LogP contribution in [0.1, 0.15) is 95.5 Å². The minimum Gasteiger partial charge on any atom is -0.467 e. The van der Waals surface area contributed by atoms with Gasteiger partial charge in [-0.1, -0.05) is 61.5 Å². The van der Waals surface area contributed by atoms with Crippen LogP contribution in [-0.4, -0.2) is 85.4 Å². The van der Waals surface area contributed by atoms with E-state index >= 15 is 0 Å². The predicted octanol–water partition coefficient (Wildman–Crippen LogP) is 8.05. The van der Waals surface area contributed by atoms with E-state index < -0.39 is 0 Å². The Morgan fingerprint density at radius 2 is 1.67 bits per heavy atom. The van der Waals surface area contributed by atoms with Gasteiger partial charge in [0.25, 0.3) is 11.8 Å². The van der Waals surface area contributed by atoms with Crippen LogP contribution in [0.15, 0.2) is 95.7 Å². The molecule has 0 spiro atoms. The second kappa shape index (κ2) is 16.0. The zero-order valence-electron chi connectivity index (χ0n) is 33.0. The average Bonchev–Trinajstić information content (AvgIpc) is 4.05. The Balaban J connectivity index is 0.921. The molecule has 1 unspecified atom stereocenters. The summed E-state index contributed by atoms with van der Waals surface area (Å²) in [4.78, 5) is 47.1. The smallest absolute Gasteiger partial charge is 0.318 e. The van der Waals surface area contributed by atoms with Gasteiger partial charge in [-0.3, -0.25) is 9.59 Å². The number of hydrogen-bond donors (Lipinski definition) is 0. The Labute approximate surface area is 332 Å². The van der Waals surface area contributed by atoms with E-state index in [1.165, 1.54) is 0 Å². The fourth-order valence-electron chi connectivity index (χ4n) is 7.84. The molecule has 3 aromatic heterocycles. The summed E-state index contributed by atoms with van der Waals surface area (Å²) in [5.41, 5.74) is 6.59. The number of aromatic nitrogens is 6. The number of hydrogen-bond acceptors (Lipinski definition) is 10. The number of benzene rings is 3. The number of likely N-dealkylation sites (tertiary alicyclic amines) is 2. The molecule has 292 valence electrons. The number of carbonyl (C=O) groups is 2. The summed E-state index contributed by atoms with van der Waals surface area (Å²) >= 11 is 0. The highest BCUT2D eigenvalue weighted by Crippen LogP contribution is 2.38. The van der Waals surface area contributed by atoms with Crippen LogP contribution >= 0.6 is 0 Å². The number of rotatable bonds is 10. The van der Waals surface area contributed by atoms with E-state index in [0.717, 1.165) is 65.2 Å². The quantitative estimate of drug-likeness (QED) is 0.135. The van der Waals surface area contributed by atoms with Crippen molar-refractivity contribution in [1.29, 1.82) is 0 Å². The monoisotopic (exact) mass is 765 g/mol. The average molecular weight is 766 g/mol. The molecule has 0 bridgehead atoms. The number of piperidine rings is 1. The highest BCUT2D eigenvalue weighted by molar-refractivity contribution is 6.00. The third-order valence-corrected chi connectivity index (χ3v) is 11.1. The molecule has 57 heavy (non-hydrogen) atoms. The molecule has 1 atom stereocenters. The third kappa shape index (κ3) is 7.61. The van der Waals surface area contributed by atoms with Crippen molar-refractivity contribution in [2.24, 2.45) is 0 Å². The molecule has 13 heteroatoms. The lowest BCUT2D eigenvalue weighted by Gasteiger charge is -2.32. The number of carbonyl (C=O) groups excluding carboxylic acids is 2. The molecule has 5 heterocycles. The zero-order chi connectivity index (χ0) is 39.6. The molecule has 13 nitrogen and oxygen atoms in total. The van der Waals surface area contributed by atoms with Crippen LogP contribution in [0, 0.1) is 6.92 Å². The first-order chi connectivity index (χ1) is 27.7. The molecule has 0 aliphatic carbocycles. The van der Waals surface area contributed by atoms with Crippen LogP contribution in [0.3, 0.4) is 0 Å². The molecule has 2 fully saturated rings. The number of anilines is 2. The van der Waals surface area contributed by atoms with Gasteiger partial charge in [-0.15, -0.1) is 5.10 Å². The SMILES string of the molecule is COc1nccc(N(C)c2ccc(C)c(-c3cn(C4CCN(C(=O)c5cccc(C(=O)N6CCCC6c6nc(-c7ccccc7)c(C(C)C)o6)c5)CC4)nn3)c2)n1. The van der Waals surface area contributed by atoms with Gasteiger partial charge in [0.15, 0.2) is 0 Å². The summed E-state index contributed by atoms with van der Waals surface area (Å²) in [6, 6.07) is 25.3. The molecule has 2 amide bonds. The first kappa shape index (κ1) is 37.5. The zero-order valence-corrected chi connectivity index (χ0v) is 33.0. The Bertz CT molecular complexity index is 2380. The van der Waals surface area contributed by atoms with E-state index in [4.69, 9.17) is 14.1 Å². The maximum atomic E-state index is 14.0. The van der Waals surface area contributed by atoms with Gasteiger partial charge in [0.1, 0.15) is 29.0 Å². The molecule has 2 saturated heterocycles. The maximum Gasteiger partial charge on any atom is 0.318 e. The first-order valence-electron chi connectivity index (χ1n) is 19.6. The van der Waals surface area contributed by atoms with Crippen LogP contribution in [0.4, 0.5) is 11.5 Å². The van der Waals surface area contributed by atoms with Crippen LogP contribution in [-0.2, 0) is 0 Å². The lowest BCUT2D eigenvalue weighted by molar-refractivity contribution is 0.0689. The van der Waals surface area contributed by atoms with E-state index in [-0.39, 0.29) is 29.8 Å². The van der Waals surface area contributed by atoms with Gasteiger partial charge < -0.3 is 23.9 Å². The molecular formula is C44H47N9O4. The van der Waals surface area contributed by atoms with Gasteiger partial charge in [0, 0.05) is 66.7 Å². The third-order valence-electron chi connectivity index (χ3n) is 11.1. The maximum absolute atomic E-state index is 14.0. The lowest BCUT2D eigenvalue weighted by atomic mass is 10.0. The number of methoxy groups -OCH3 is 1. The molecule has 8 rings (SSSR count). The van der Waals surface area contributed by atoms with Crippen molar-refractivity contribution < 1.29 is 18.7 Å². The lowest BCUT2D eigenvalue weighted by Crippen LogP contribution is -2.39. The summed E-state index contributed by atoms with van der Waals surface area (Å²) in [7, 11) is 3.49. The molecule has 0 saturated carbocycles. The first-order valence-corrected chi connectivity index (χ1v) is 19.6. The Morgan fingerprint density at radius 1 is 0.895 bits per heavy atom. The van der Waals surface area contributed by atoms with Crippen molar-refractivity contribution in [3.05, 3.63) is 120 Å². The summed E-state index contributed by atoms with van der Waals surface area (Å²) in [6.45, 7) is 7.97. The van der Waals surface area contributed by atoms with Gasteiger partial charge in [-0.2, -0.15) is 4.98 Å². The van der Waals surface area contributed by atoms with Gasteiger partial charge in [-0.25, -0.2) is 14.6 Å². The summed E-state index contributed by atoms with van der Waals surface area (Å²) in [5.74, 6) is 2.02. The largest absolute Gasteiger partial charge is 0.467 e. The number of oxazole rings is 1. The number of amides is 2. The van der Waals surface area contributed by atoms with E-state index in [0.29, 0.717) is 48.5 Å².